The van der Waals surface area contributed by atoms with Crippen molar-refractivity contribution in [3.8, 4) is 11.5 Å². The van der Waals surface area contributed by atoms with E-state index in [1.54, 1.807) is 0 Å². The lowest BCUT2D eigenvalue weighted by Crippen LogP contribution is -2.39. The highest BCUT2D eigenvalue weighted by molar-refractivity contribution is 5.83. The number of hydrogen-bond donors (Lipinski definition) is 8. The van der Waals surface area contributed by atoms with Crippen LogP contribution in [0.25, 0.3) is 0 Å². The Morgan fingerprint density at radius 2 is 1.39 bits per heavy atom. The fraction of sp³-hybridized carbons (Fsp3) is 0.333. The van der Waals surface area contributed by atoms with E-state index in [4.69, 9.17) is 36.4 Å². The molecule has 1 rings (SSSR count). The summed E-state index contributed by atoms with van der Waals surface area (Å²) < 4.78 is 0. The predicted molar refractivity (Wildman–Crippen MR) is 74.7 cm³/mol. The first kappa shape index (κ1) is 22.8. The first-order chi connectivity index (χ1) is 10.1. The van der Waals surface area contributed by atoms with E-state index >= 15 is 0 Å². The van der Waals surface area contributed by atoms with Crippen LogP contribution in [0.3, 0.4) is 0 Å². The summed E-state index contributed by atoms with van der Waals surface area (Å²) in [7, 11) is 0. The average Bonchev–Trinajstić information content (AvgIpc) is 2.48. The first-order valence-corrected chi connectivity index (χ1v) is 5.83. The molecule has 0 saturated carbocycles. The number of phenols is 2. The summed E-state index contributed by atoms with van der Waals surface area (Å²) in [5.74, 6) is -3.99. The van der Waals surface area contributed by atoms with E-state index in [1.165, 1.54) is 18.2 Å². The molecule has 0 radical (unpaired) electrons. The van der Waals surface area contributed by atoms with Crippen LogP contribution in [0, 0.1) is 0 Å². The fourth-order valence-electron chi connectivity index (χ4n) is 1.15. The number of phenolic OH excluding ortho intramolecular Hbond substituents is 2. The lowest BCUT2D eigenvalue weighted by Gasteiger charge is -2.08. The Hall–Kier alpha value is -2.44. The Labute approximate surface area is 129 Å². The number of rotatable bonds is 5. The van der Waals surface area contributed by atoms with Crippen molar-refractivity contribution in [1.82, 2.24) is 0 Å². The van der Waals surface area contributed by atoms with Gasteiger partial charge in [-0.05, 0) is 17.7 Å². The molecule has 0 aliphatic carbocycles. The first-order valence-electron chi connectivity index (χ1n) is 5.83. The molecular weight excluding hydrogens is 318 g/mol. The van der Waals surface area contributed by atoms with Gasteiger partial charge in [0.15, 0.2) is 23.7 Å². The maximum Gasteiger partial charge on any atom is 0.335 e. The van der Waals surface area contributed by atoms with Crippen molar-refractivity contribution >= 4 is 11.9 Å². The predicted octanol–water partition coefficient (Wildman–Crippen LogP) is -2.86. The molecule has 11 heteroatoms. The molecule has 11 N–H and O–H groups in total. The van der Waals surface area contributed by atoms with Crippen LogP contribution in [-0.2, 0) is 9.59 Å². The third-order valence-corrected chi connectivity index (χ3v) is 2.41. The average molecular weight is 337 g/mol. The van der Waals surface area contributed by atoms with Gasteiger partial charge in [-0.15, -0.1) is 0 Å². The van der Waals surface area contributed by atoms with Gasteiger partial charge in [-0.1, -0.05) is 6.07 Å². The summed E-state index contributed by atoms with van der Waals surface area (Å²) in [6, 6.07) is 4.10. The molecule has 0 aliphatic heterocycles. The molecule has 1 aromatic rings. The molecule has 1 unspecified atom stereocenters. The molecule has 0 fully saturated rings. The fourth-order valence-corrected chi connectivity index (χ4v) is 1.15. The number of aliphatic hydroxyl groups excluding tert-OH is 3. The molecule has 0 aliphatic rings. The van der Waals surface area contributed by atoms with Gasteiger partial charge in [0.2, 0.25) is 0 Å². The van der Waals surface area contributed by atoms with Gasteiger partial charge < -0.3 is 47.0 Å². The Morgan fingerprint density at radius 1 is 0.957 bits per heavy atom. The molecule has 0 spiro atoms. The molecule has 23 heavy (non-hydrogen) atoms. The number of aliphatic carboxylic acids is 2. The van der Waals surface area contributed by atoms with Gasteiger partial charge in [0.25, 0.3) is 0 Å². The van der Waals surface area contributed by atoms with E-state index < -0.39 is 30.3 Å². The Bertz CT molecular complexity index is 503. The highest BCUT2D eigenvalue weighted by Crippen LogP contribution is 2.27. The number of carboxylic acids is 2. The molecule has 132 valence electrons. The van der Waals surface area contributed by atoms with E-state index in [0.29, 0.717) is 5.56 Å². The van der Waals surface area contributed by atoms with Crippen LogP contribution in [-0.4, -0.2) is 71.9 Å². The normalized spacial score (nSPS) is 13.6. The standard InChI is InChI=1S/C8H11NO3.C4H6O6.H2O/c9-4-8(12)5-1-2-6(10)7(11)3-5;5-1(3(7)8)2(6)4(9)10;/h1-3,8,10-12H,4,9H2;1-2,5-6H,(H,7,8)(H,9,10);1H2/t;1-,2-;/m.1./s1. The molecule has 1 aromatic carbocycles. The van der Waals surface area contributed by atoms with E-state index in [1.807, 2.05) is 0 Å². The van der Waals surface area contributed by atoms with Crippen molar-refractivity contribution in [2.24, 2.45) is 5.73 Å². The number of benzene rings is 1. The third kappa shape index (κ3) is 7.39. The summed E-state index contributed by atoms with van der Waals surface area (Å²) in [6.45, 7) is 0.0875. The molecule has 0 amide bonds. The minimum absolute atomic E-state index is 0. The maximum absolute atomic E-state index is 9.77. The van der Waals surface area contributed by atoms with Crippen LogP contribution in [0.4, 0.5) is 0 Å². The monoisotopic (exact) mass is 337 g/mol. The molecule has 11 nitrogen and oxygen atoms in total. The lowest BCUT2D eigenvalue weighted by atomic mass is 10.1. The second kappa shape index (κ2) is 10.3. The lowest BCUT2D eigenvalue weighted by molar-refractivity contribution is -0.165. The summed E-state index contributed by atoms with van der Waals surface area (Å²) in [4.78, 5) is 19.5. The van der Waals surface area contributed by atoms with Crippen LogP contribution >= 0.6 is 0 Å². The van der Waals surface area contributed by atoms with Crippen LogP contribution in [0.1, 0.15) is 11.7 Å². The SMILES string of the molecule is NCC(O)c1ccc(O)c(O)c1.O.O=C(O)[C@H](O)[C@@H](O)C(=O)O. The maximum atomic E-state index is 9.77. The van der Waals surface area contributed by atoms with E-state index in [2.05, 4.69) is 0 Å². The molecule has 3 atom stereocenters. The van der Waals surface area contributed by atoms with Crippen molar-refractivity contribution in [3.63, 3.8) is 0 Å². The largest absolute Gasteiger partial charge is 0.504 e. The summed E-state index contributed by atoms with van der Waals surface area (Å²) in [5, 5.41) is 59.7. The molecule has 0 saturated heterocycles. The number of aliphatic hydroxyl groups is 3. The number of carboxylic acid groups (broad SMARTS) is 2. The number of hydrogen-bond acceptors (Lipinski definition) is 8. The van der Waals surface area contributed by atoms with Crippen molar-refractivity contribution < 1.29 is 50.8 Å². The molecule has 0 aromatic heterocycles. The van der Waals surface area contributed by atoms with Gasteiger partial charge in [-0.2, -0.15) is 0 Å². The van der Waals surface area contributed by atoms with E-state index in [0.717, 1.165) is 0 Å². The van der Waals surface area contributed by atoms with Crippen molar-refractivity contribution in [3.05, 3.63) is 23.8 Å². The minimum Gasteiger partial charge on any atom is -0.504 e. The topological polar surface area (TPSA) is 233 Å². The highest BCUT2D eigenvalue weighted by atomic mass is 16.4. The number of nitrogens with two attached hydrogens (primary N) is 1. The van der Waals surface area contributed by atoms with Gasteiger partial charge >= 0.3 is 11.9 Å². The van der Waals surface area contributed by atoms with Crippen molar-refractivity contribution in [2.75, 3.05) is 6.54 Å². The zero-order chi connectivity index (χ0) is 17.4. The zero-order valence-electron chi connectivity index (χ0n) is 11.7. The van der Waals surface area contributed by atoms with Gasteiger partial charge in [-0.25, -0.2) is 9.59 Å². The Morgan fingerprint density at radius 3 is 1.70 bits per heavy atom. The van der Waals surface area contributed by atoms with Crippen LogP contribution < -0.4 is 5.73 Å². The van der Waals surface area contributed by atoms with Crippen molar-refractivity contribution in [2.45, 2.75) is 18.3 Å². The molecular formula is C12H19NO10. The summed E-state index contributed by atoms with van der Waals surface area (Å²) in [5.41, 5.74) is 5.69. The van der Waals surface area contributed by atoms with Gasteiger partial charge in [0.05, 0.1) is 6.10 Å². The molecule has 0 bridgehead atoms. The van der Waals surface area contributed by atoms with E-state index in [-0.39, 0.29) is 23.5 Å². The number of carbonyl (C=O) groups is 2. The molecule has 0 heterocycles. The van der Waals surface area contributed by atoms with Gasteiger partial charge in [0.1, 0.15) is 0 Å². The van der Waals surface area contributed by atoms with Gasteiger partial charge in [-0.3, -0.25) is 0 Å². The number of aromatic hydroxyl groups is 2. The quantitative estimate of drug-likeness (QED) is 0.256. The van der Waals surface area contributed by atoms with Crippen LogP contribution in [0.2, 0.25) is 0 Å². The smallest absolute Gasteiger partial charge is 0.335 e. The minimum atomic E-state index is -2.27. The Balaban J connectivity index is 0. The van der Waals surface area contributed by atoms with E-state index in [9.17, 15) is 14.7 Å². The van der Waals surface area contributed by atoms with Crippen molar-refractivity contribution in [1.29, 1.82) is 0 Å². The van der Waals surface area contributed by atoms with Crippen LogP contribution in [0.5, 0.6) is 11.5 Å². The van der Waals surface area contributed by atoms with Crippen LogP contribution in [0.15, 0.2) is 18.2 Å². The zero-order valence-corrected chi connectivity index (χ0v) is 11.7. The van der Waals surface area contributed by atoms with Gasteiger partial charge in [0, 0.05) is 6.54 Å². The highest BCUT2D eigenvalue weighted by Gasteiger charge is 2.29. The third-order valence-electron chi connectivity index (χ3n) is 2.41. The Kier molecular flexibility index (Phi) is 10.2. The summed E-state index contributed by atoms with van der Waals surface area (Å²) >= 11 is 0. The summed E-state index contributed by atoms with van der Waals surface area (Å²) in [6.07, 6.45) is -5.33. The second-order valence-corrected chi connectivity index (χ2v) is 4.07. The second-order valence-electron chi connectivity index (χ2n) is 4.07.